The number of aryl methyl sites for hydroxylation is 4. The fraction of sp³-hybridized carbons (Fsp3) is 0.432. The van der Waals surface area contributed by atoms with Gasteiger partial charge in [0.15, 0.2) is 5.78 Å². The number of carbonyl (C=O) groups excluding carboxylic acids is 2. The van der Waals surface area contributed by atoms with Crippen molar-refractivity contribution < 1.29 is 14.3 Å². The lowest BCUT2D eigenvalue weighted by Crippen LogP contribution is -2.43. The summed E-state index contributed by atoms with van der Waals surface area (Å²) in [5.41, 5.74) is 8.90. The number of ether oxygens (including phenoxy) is 1. The summed E-state index contributed by atoms with van der Waals surface area (Å²) in [5, 5.41) is 11.2. The summed E-state index contributed by atoms with van der Waals surface area (Å²) >= 11 is 0. The van der Waals surface area contributed by atoms with Gasteiger partial charge in [-0.2, -0.15) is 5.10 Å². The highest BCUT2D eigenvalue weighted by molar-refractivity contribution is 5.99. The average molecular weight is 636 g/mol. The molecule has 0 atom stereocenters. The topological polar surface area (TPSA) is 114 Å². The van der Waals surface area contributed by atoms with Crippen LogP contribution in [0.25, 0.3) is 11.4 Å². The van der Waals surface area contributed by atoms with Crippen LogP contribution in [0, 0.1) is 0 Å². The Balaban J connectivity index is 1.25. The van der Waals surface area contributed by atoms with Crippen LogP contribution in [0.4, 0.5) is 11.6 Å². The maximum Gasteiger partial charge on any atom is 0.251 e. The van der Waals surface area contributed by atoms with Gasteiger partial charge in [-0.05, 0) is 106 Å². The monoisotopic (exact) mass is 635 g/mol. The molecule has 0 saturated carbocycles. The van der Waals surface area contributed by atoms with Gasteiger partial charge in [0.1, 0.15) is 11.4 Å². The summed E-state index contributed by atoms with van der Waals surface area (Å²) in [7, 11) is 5.57. The Morgan fingerprint density at radius 3 is 2.47 bits per heavy atom. The minimum Gasteiger partial charge on any atom is -0.495 e. The second kappa shape index (κ2) is 14.0. The molecule has 2 N–H and O–H groups in total. The SMILES string of the molecule is CCc1cccc(CC)c1CC(=O)c1nn(C)c2c1CCCc1cnc(Nc3ccc(C(=O)NC4CCN(C)CC4)cc3OC)nc1-2. The number of nitrogens with zero attached hydrogens (tertiary/aromatic N) is 5. The number of rotatable bonds is 10. The van der Waals surface area contributed by atoms with Gasteiger partial charge in [-0.15, -0.1) is 0 Å². The van der Waals surface area contributed by atoms with Gasteiger partial charge in [-0.3, -0.25) is 14.3 Å². The molecule has 10 nitrogen and oxygen atoms in total. The Labute approximate surface area is 277 Å². The van der Waals surface area contributed by atoms with Gasteiger partial charge in [0.05, 0.1) is 24.2 Å². The number of hydrogen-bond acceptors (Lipinski definition) is 8. The molecule has 3 heterocycles. The molecule has 1 fully saturated rings. The van der Waals surface area contributed by atoms with Gasteiger partial charge in [-0.1, -0.05) is 32.0 Å². The van der Waals surface area contributed by atoms with E-state index in [9.17, 15) is 9.59 Å². The van der Waals surface area contributed by atoms with Crippen molar-refractivity contribution in [2.45, 2.75) is 71.3 Å². The summed E-state index contributed by atoms with van der Waals surface area (Å²) in [6.07, 6.45) is 8.27. The number of amides is 1. The summed E-state index contributed by atoms with van der Waals surface area (Å²) in [6.45, 7) is 6.22. The van der Waals surface area contributed by atoms with Crippen molar-refractivity contribution in [3.05, 3.63) is 81.7 Å². The lowest BCUT2D eigenvalue weighted by molar-refractivity contribution is 0.0915. The van der Waals surface area contributed by atoms with E-state index < -0.39 is 0 Å². The number of piperidine rings is 1. The van der Waals surface area contributed by atoms with Gasteiger partial charge < -0.3 is 20.3 Å². The number of nitrogens with one attached hydrogen (secondary N) is 2. The molecule has 0 spiro atoms. The number of carbonyl (C=O) groups is 2. The summed E-state index contributed by atoms with van der Waals surface area (Å²) < 4.78 is 7.48. The molecule has 2 aromatic heterocycles. The molecule has 47 heavy (non-hydrogen) atoms. The molecule has 1 saturated heterocycles. The van der Waals surface area contributed by atoms with Crippen molar-refractivity contribution in [3.8, 4) is 17.1 Å². The van der Waals surface area contributed by atoms with Crippen LogP contribution in [0.3, 0.4) is 0 Å². The number of benzene rings is 2. The van der Waals surface area contributed by atoms with Crippen LogP contribution in [0.15, 0.2) is 42.6 Å². The first-order valence-electron chi connectivity index (χ1n) is 16.8. The Hall–Kier alpha value is -4.57. The summed E-state index contributed by atoms with van der Waals surface area (Å²) in [6, 6.07) is 11.8. The number of fused-ring (bicyclic) bond motifs is 3. The molecule has 10 heteroatoms. The molecule has 1 amide bonds. The molecule has 0 unspecified atom stereocenters. The van der Waals surface area contributed by atoms with Crippen molar-refractivity contribution in [1.82, 2.24) is 30.0 Å². The van der Waals surface area contributed by atoms with Crippen LogP contribution in [-0.4, -0.2) is 69.6 Å². The predicted octanol–water partition coefficient (Wildman–Crippen LogP) is 5.49. The molecule has 2 aliphatic rings. The standard InChI is InChI=1S/C37H45N7O3/c1-6-23-10-8-11-24(7-2)29(23)21-31(45)34-28-13-9-12-26-22-38-37(41-33(26)35(28)44(4)42-34)40-30-15-14-25(20-32(30)47-5)36(46)39-27-16-18-43(3)19-17-27/h8,10-11,14-15,20,22,27H,6-7,9,12-13,16-19,21H2,1-5H3,(H,39,46)(H,38,40,41). The van der Waals surface area contributed by atoms with E-state index in [1.54, 1.807) is 23.9 Å². The molecular weight excluding hydrogens is 590 g/mol. The number of hydrogen-bond donors (Lipinski definition) is 2. The molecule has 246 valence electrons. The highest BCUT2D eigenvalue weighted by atomic mass is 16.5. The lowest BCUT2D eigenvalue weighted by atomic mass is 9.92. The van der Waals surface area contributed by atoms with Crippen molar-refractivity contribution in [2.75, 3.05) is 32.6 Å². The van der Waals surface area contributed by atoms with Crippen molar-refractivity contribution in [3.63, 3.8) is 0 Å². The first-order chi connectivity index (χ1) is 22.8. The van der Waals surface area contributed by atoms with Crippen LogP contribution < -0.4 is 15.4 Å². The van der Waals surface area contributed by atoms with Crippen LogP contribution in [0.1, 0.15) is 81.8 Å². The number of aromatic nitrogens is 4. The second-order valence-corrected chi connectivity index (χ2v) is 12.7. The van der Waals surface area contributed by atoms with E-state index in [-0.39, 0.29) is 17.7 Å². The van der Waals surface area contributed by atoms with Gasteiger partial charge in [-0.25, -0.2) is 9.97 Å². The van der Waals surface area contributed by atoms with E-state index in [2.05, 4.69) is 59.6 Å². The normalized spacial score (nSPS) is 15.0. The number of likely N-dealkylation sites (tertiary alicyclic amines) is 1. The minimum atomic E-state index is -0.108. The molecular formula is C37H45N7O3. The third kappa shape index (κ3) is 6.79. The minimum absolute atomic E-state index is 0.0398. The average Bonchev–Trinajstić information content (AvgIpc) is 3.29. The second-order valence-electron chi connectivity index (χ2n) is 12.7. The third-order valence-electron chi connectivity index (χ3n) is 9.60. The van der Waals surface area contributed by atoms with E-state index >= 15 is 0 Å². The number of Topliss-reactive ketones (excluding diaryl/α,β-unsaturated/α-hetero) is 1. The Bertz CT molecular complexity index is 1770. The lowest BCUT2D eigenvalue weighted by Gasteiger charge is -2.29. The maximum absolute atomic E-state index is 13.9. The highest BCUT2D eigenvalue weighted by Crippen LogP contribution is 2.35. The number of methoxy groups -OCH3 is 1. The fourth-order valence-electron chi connectivity index (χ4n) is 6.93. The zero-order valence-electron chi connectivity index (χ0n) is 28.2. The van der Waals surface area contributed by atoms with E-state index in [0.717, 1.165) is 86.1 Å². The Morgan fingerprint density at radius 1 is 1.02 bits per heavy atom. The van der Waals surface area contributed by atoms with Crippen molar-refractivity contribution in [2.24, 2.45) is 7.05 Å². The fourth-order valence-corrected chi connectivity index (χ4v) is 6.93. The van der Waals surface area contributed by atoms with E-state index in [1.165, 1.54) is 11.1 Å². The zero-order chi connectivity index (χ0) is 33.1. The summed E-state index contributed by atoms with van der Waals surface area (Å²) in [5.74, 6) is 0.853. The molecule has 1 aliphatic carbocycles. The first-order valence-corrected chi connectivity index (χ1v) is 16.8. The quantitative estimate of drug-likeness (QED) is 0.220. The number of anilines is 2. The zero-order valence-corrected chi connectivity index (χ0v) is 28.2. The molecule has 0 radical (unpaired) electrons. The van der Waals surface area contributed by atoms with E-state index in [0.29, 0.717) is 35.1 Å². The van der Waals surface area contributed by atoms with Crippen LogP contribution in [0.2, 0.25) is 0 Å². The van der Waals surface area contributed by atoms with Gasteiger partial charge >= 0.3 is 0 Å². The molecule has 1 aliphatic heterocycles. The van der Waals surface area contributed by atoms with Gasteiger partial charge in [0.2, 0.25) is 5.95 Å². The highest BCUT2D eigenvalue weighted by Gasteiger charge is 2.28. The number of ketones is 1. The Kier molecular flexibility index (Phi) is 9.68. The van der Waals surface area contributed by atoms with E-state index in [4.69, 9.17) is 14.8 Å². The van der Waals surface area contributed by atoms with E-state index in [1.807, 2.05) is 19.3 Å². The van der Waals surface area contributed by atoms with Gasteiger partial charge in [0, 0.05) is 36.8 Å². The largest absolute Gasteiger partial charge is 0.495 e. The molecule has 0 bridgehead atoms. The predicted molar refractivity (Wildman–Crippen MR) is 184 cm³/mol. The Morgan fingerprint density at radius 2 is 1.77 bits per heavy atom. The van der Waals surface area contributed by atoms with Gasteiger partial charge in [0.25, 0.3) is 5.91 Å². The van der Waals surface area contributed by atoms with Crippen molar-refractivity contribution >= 4 is 23.3 Å². The van der Waals surface area contributed by atoms with Crippen LogP contribution in [-0.2, 0) is 39.2 Å². The van der Waals surface area contributed by atoms with Crippen LogP contribution >= 0.6 is 0 Å². The maximum atomic E-state index is 13.9. The molecule has 4 aromatic rings. The molecule has 6 rings (SSSR count). The summed E-state index contributed by atoms with van der Waals surface area (Å²) in [4.78, 5) is 38.8. The third-order valence-corrected chi connectivity index (χ3v) is 9.60. The first kappa shape index (κ1) is 32.4. The molecule has 2 aromatic carbocycles. The van der Waals surface area contributed by atoms with Crippen molar-refractivity contribution in [1.29, 1.82) is 0 Å². The van der Waals surface area contributed by atoms with Crippen LogP contribution in [0.5, 0.6) is 5.75 Å². The smallest absolute Gasteiger partial charge is 0.251 e.